The maximum Gasteiger partial charge on any atom is 0.269 e. The van der Waals surface area contributed by atoms with E-state index >= 15 is 0 Å². The highest BCUT2D eigenvalue weighted by atomic mass is 16.6. The van der Waals surface area contributed by atoms with Crippen molar-refractivity contribution in [1.82, 2.24) is 21.3 Å². The van der Waals surface area contributed by atoms with Crippen molar-refractivity contribution >= 4 is 35.2 Å². The van der Waals surface area contributed by atoms with Gasteiger partial charge < -0.3 is 37.8 Å². The van der Waals surface area contributed by atoms with E-state index in [1.807, 2.05) is 13.8 Å². The first-order chi connectivity index (χ1) is 23.7. The second-order valence-corrected chi connectivity index (χ2v) is 12.2. The first kappa shape index (κ1) is 38.6. The van der Waals surface area contributed by atoms with Crippen LogP contribution in [0.15, 0.2) is 78.9 Å². The minimum atomic E-state index is -1.32. The lowest BCUT2D eigenvalue weighted by Gasteiger charge is -2.27. The van der Waals surface area contributed by atoms with Gasteiger partial charge in [0.15, 0.2) is 0 Å². The topological polar surface area (TPSA) is 249 Å². The largest absolute Gasteiger partial charge is 0.508 e. The Bertz CT molecular complexity index is 1630. The number of nitrogens with one attached hydrogen (secondary N) is 4. The monoisotopic (exact) mass is 689 g/mol. The highest BCUT2D eigenvalue weighted by Gasteiger charge is 2.32. The van der Waals surface area contributed by atoms with E-state index in [1.54, 1.807) is 42.5 Å². The molecule has 0 saturated heterocycles. The molecule has 266 valence electrons. The molecule has 3 aromatic rings. The van der Waals surface area contributed by atoms with E-state index in [4.69, 9.17) is 11.5 Å². The van der Waals surface area contributed by atoms with Crippen molar-refractivity contribution in [2.75, 3.05) is 6.54 Å². The fraction of sp³-hybridized carbons (Fsp3) is 0.343. The molecule has 0 aliphatic rings. The molecule has 0 aliphatic heterocycles. The molecule has 4 unspecified atom stereocenters. The predicted octanol–water partition coefficient (Wildman–Crippen LogP) is 0.758. The van der Waals surface area contributed by atoms with Crippen LogP contribution in [0.1, 0.15) is 37.0 Å². The summed E-state index contributed by atoms with van der Waals surface area (Å²) in [5.41, 5.74) is 12.7. The molecule has 0 aliphatic carbocycles. The first-order valence-corrected chi connectivity index (χ1v) is 16.0. The molecule has 50 heavy (non-hydrogen) atoms. The number of primary amides is 1. The molecule has 0 bridgehead atoms. The number of nitro groups is 1. The summed E-state index contributed by atoms with van der Waals surface area (Å²) in [6.07, 6.45) is 0.104. The Morgan fingerprint density at radius 2 is 1.12 bits per heavy atom. The third-order valence-corrected chi connectivity index (χ3v) is 7.72. The zero-order chi connectivity index (χ0) is 36.8. The number of benzene rings is 3. The van der Waals surface area contributed by atoms with E-state index in [9.17, 15) is 39.2 Å². The van der Waals surface area contributed by atoms with Crippen molar-refractivity contribution in [3.8, 4) is 5.75 Å². The Morgan fingerprint density at radius 3 is 1.58 bits per heavy atom. The number of nitrogens with zero attached hydrogens (tertiary/aromatic N) is 1. The Kier molecular flexibility index (Phi) is 14.4. The Labute approximate surface area is 289 Å². The van der Waals surface area contributed by atoms with Crippen molar-refractivity contribution in [3.63, 3.8) is 0 Å². The quantitative estimate of drug-likeness (QED) is 0.0735. The van der Waals surface area contributed by atoms with Crippen LogP contribution in [0.4, 0.5) is 5.69 Å². The van der Waals surface area contributed by atoms with Gasteiger partial charge in [-0.05, 0) is 41.2 Å². The van der Waals surface area contributed by atoms with Gasteiger partial charge in [0.25, 0.3) is 5.69 Å². The number of phenolic OH excluding ortho intramolecular Hbond substituents is 1. The maximum absolute atomic E-state index is 14.0. The number of carbonyl (C=O) groups is 5. The molecular weight excluding hydrogens is 646 g/mol. The van der Waals surface area contributed by atoms with Crippen molar-refractivity contribution in [2.45, 2.75) is 63.7 Å². The predicted molar refractivity (Wildman–Crippen MR) is 184 cm³/mol. The van der Waals surface area contributed by atoms with Crippen LogP contribution in [0.3, 0.4) is 0 Å². The lowest BCUT2D eigenvalue weighted by atomic mass is 9.99. The van der Waals surface area contributed by atoms with Crippen molar-refractivity contribution < 1.29 is 34.0 Å². The minimum absolute atomic E-state index is 0.0148. The fourth-order valence-electron chi connectivity index (χ4n) is 5.12. The number of amides is 5. The third-order valence-electron chi connectivity index (χ3n) is 7.72. The van der Waals surface area contributed by atoms with Gasteiger partial charge in [0.05, 0.1) is 11.5 Å². The highest BCUT2D eigenvalue weighted by Crippen LogP contribution is 2.16. The molecule has 0 fully saturated rings. The van der Waals surface area contributed by atoms with Crippen LogP contribution in [-0.2, 0) is 43.2 Å². The molecule has 4 atom stereocenters. The van der Waals surface area contributed by atoms with E-state index in [2.05, 4.69) is 21.3 Å². The van der Waals surface area contributed by atoms with Gasteiger partial charge in [0.2, 0.25) is 29.5 Å². The molecule has 3 aromatic carbocycles. The normalized spacial score (nSPS) is 13.3. The number of carbonyl (C=O) groups excluding carboxylic acids is 5. The lowest BCUT2D eigenvalue weighted by Crippen LogP contribution is -2.59. The number of aromatic hydroxyl groups is 1. The van der Waals surface area contributed by atoms with Gasteiger partial charge in [-0.2, -0.15) is 0 Å². The van der Waals surface area contributed by atoms with E-state index in [0.29, 0.717) is 11.1 Å². The van der Waals surface area contributed by atoms with Gasteiger partial charge in [-0.3, -0.25) is 34.1 Å². The number of rotatable bonds is 18. The number of hydrogen-bond acceptors (Lipinski definition) is 9. The van der Waals surface area contributed by atoms with Crippen LogP contribution < -0.4 is 32.7 Å². The third kappa shape index (κ3) is 12.3. The van der Waals surface area contributed by atoms with Crippen LogP contribution in [0.25, 0.3) is 0 Å². The summed E-state index contributed by atoms with van der Waals surface area (Å²) in [6, 6.07) is 15.5. The summed E-state index contributed by atoms with van der Waals surface area (Å²) in [5.74, 6) is -3.62. The summed E-state index contributed by atoms with van der Waals surface area (Å²) < 4.78 is 0. The highest BCUT2D eigenvalue weighted by molar-refractivity contribution is 5.95. The van der Waals surface area contributed by atoms with Gasteiger partial charge in [-0.15, -0.1) is 0 Å². The lowest BCUT2D eigenvalue weighted by molar-refractivity contribution is -0.384. The summed E-state index contributed by atoms with van der Waals surface area (Å²) in [4.78, 5) is 76.4. The average molecular weight is 690 g/mol. The Balaban J connectivity index is 1.94. The van der Waals surface area contributed by atoms with Crippen LogP contribution in [0, 0.1) is 16.0 Å². The molecule has 9 N–H and O–H groups in total. The molecule has 0 aromatic heterocycles. The summed E-state index contributed by atoms with van der Waals surface area (Å²) in [5, 5.41) is 31.5. The molecular formula is C35H43N7O8. The average Bonchev–Trinajstić information content (AvgIpc) is 3.08. The van der Waals surface area contributed by atoms with Gasteiger partial charge in [0.1, 0.15) is 29.9 Å². The molecule has 0 heterocycles. The van der Waals surface area contributed by atoms with E-state index in [-0.39, 0.29) is 49.6 Å². The van der Waals surface area contributed by atoms with E-state index in [0.717, 1.165) is 5.56 Å². The molecule has 0 radical (unpaired) electrons. The second-order valence-electron chi connectivity index (χ2n) is 12.2. The summed E-state index contributed by atoms with van der Waals surface area (Å²) >= 11 is 0. The Morgan fingerprint density at radius 1 is 0.680 bits per heavy atom. The number of phenols is 1. The molecule has 15 heteroatoms. The zero-order valence-electron chi connectivity index (χ0n) is 27.8. The molecule has 0 spiro atoms. The van der Waals surface area contributed by atoms with Crippen molar-refractivity contribution in [3.05, 3.63) is 106 Å². The summed E-state index contributed by atoms with van der Waals surface area (Å²) in [7, 11) is 0. The number of non-ortho nitro benzene ring substituents is 1. The zero-order valence-corrected chi connectivity index (χ0v) is 27.8. The first-order valence-electron chi connectivity index (χ1n) is 16.0. The maximum atomic E-state index is 14.0. The molecule has 3 rings (SSSR count). The number of nitrogens with two attached hydrogens (primary N) is 2. The minimum Gasteiger partial charge on any atom is -0.508 e. The van der Waals surface area contributed by atoms with Crippen LogP contribution in [0.2, 0.25) is 0 Å². The van der Waals surface area contributed by atoms with Gasteiger partial charge in [-0.25, -0.2) is 0 Å². The van der Waals surface area contributed by atoms with Gasteiger partial charge in [0, 0.05) is 31.4 Å². The van der Waals surface area contributed by atoms with E-state index < -0.39 is 58.6 Å². The van der Waals surface area contributed by atoms with Gasteiger partial charge >= 0.3 is 0 Å². The Hall–Kier alpha value is -5.83. The molecule has 15 nitrogen and oxygen atoms in total. The fourth-order valence-corrected chi connectivity index (χ4v) is 5.12. The standard InChI is InChI=1S/C35H43N7O8/c1-21(2)16-28(38-31(44)20-36)33(46)40-30(18-23-8-12-25(13-9-23)42(49)50)35(48)41-29(19-24-10-14-26(43)15-11-24)34(47)39-27(32(37)45)17-22-6-4-3-5-7-22/h3-15,21,27-30,43H,16-20,36H2,1-2H3,(H2,37,45)(H,38,44)(H,39,47)(H,40,46)(H,41,48). The second kappa shape index (κ2) is 18.6. The summed E-state index contributed by atoms with van der Waals surface area (Å²) in [6.45, 7) is 3.33. The van der Waals surface area contributed by atoms with Crippen LogP contribution >= 0.6 is 0 Å². The molecule has 0 saturated carbocycles. The smallest absolute Gasteiger partial charge is 0.269 e. The van der Waals surface area contributed by atoms with Crippen molar-refractivity contribution in [1.29, 1.82) is 0 Å². The van der Waals surface area contributed by atoms with Gasteiger partial charge in [-0.1, -0.05) is 68.4 Å². The molecule has 5 amide bonds. The number of hydrogen-bond donors (Lipinski definition) is 7. The van der Waals surface area contributed by atoms with Crippen LogP contribution in [0.5, 0.6) is 5.75 Å². The van der Waals surface area contributed by atoms with Crippen molar-refractivity contribution in [2.24, 2.45) is 17.4 Å². The van der Waals surface area contributed by atoms with E-state index in [1.165, 1.54) is 36.4 Å². The number of nitro benzene ring substituents is 1. The van der Waals surface area contributed by atoms with Crippen LogP contribution in [-0.4, -0.2) is 70.3 Å². The SMILES string of the molecule is CC(C)CC(NC(=O)CN)C(=O)NC(Cc1ccc([N+](=O)[O-])cc1)C(=O)NC(Cc1ccc(O)cc1)C(=O)NC(Cc1ccccc1)C(N)=O.